The summed E-state index contributed by atoms with van der Waals surface area (Å²) >= 11 is 12.5. The van der Waals surface area contributed by atoms with Crippen LogP contribution in [-0.4, -0.2) is 34.4 Å². The highest BCUT2D eigenvalue weighted by molar-refractivity contribution is 6.35. The van der Waals surface area contributed by atoms with Gasteiger partial charge in [-0.3, -0.25) is 0 Å². The largest absolute Gasteiger partial charge is 0.497 e. The Morgan fingerprint density at radius 1 is 1.07 bits per heavy atom. The average Bonchev–Trinajstić information content (AvgIpc) is 3.15. The van der Waals surface area contributed by atoms with Crippen LogP contribution in [0.4, 0.5) is 5.95 Å². The fraction of sp³-hybridized carbons (Fsp3) is 0.167. The lowest BCUT2D eigenvalue weighted by atomic mass is 10.0. The molecule has 4 rings (SSSR count). The van der Waals surface area contributed by atoms with Crippen molar-refractivity contribution >= 4 is 34.8 Å². The second kappa shape index (κ2) is 7.09. The van der Waals surface area contributed by atoms with Crippen LogP contribution in [0.1, 0.15) is 17.2 Å². The van der Waals surface area contributed by atoms with Gasteiger partial charge in [-0.25, -0.2) is 0 Å². The molecule has 0 unspecified atom stereocenters. The van der Waals surface area contributed by atoms with E-state index in [1.807, 2.05) is 30.3 Å². The third kappa shape index (κ3) is 3.20. The first-order valence-corrected chi connectivity index (χ1v) is 8.80. The second-order valence-electron chi connectivity index (χ2n) is 5.83. The maximum atomic E-state index is 6.43. The van der Waals surface area contributed by atoms with Gasteiger partial charge in [-0.1, -0.05) is 34.4 Å². The number of fused-ring (bicyclic) bond motifs is 1. The van der Waals surface area contributed by atoms with E-state index < -0.39 is 0 Å². The van der Waals surface area contributed by atoms with E-state index in [0.29, 0.717) is 27.5 Å². The van der Waals surface area contributed by atoms with Crippen molar-refractivity contribution in [2.24, 2.45) is 0 Å². The molecule has 1 atom stereocenters. The average molecular weight is 404 g/mol. The van der Waals surface area contributed by atoms with Crippen LogP contribution < -0.4 is 14.8 Å². The topological polar surface area (TPSA) is 74.1 Å². The molecule has 2 heterocycles. The molecule has 0 radical (unpaired) electrons. The summed E-state index contributed by atoms with van der Waals surface area (Å²) in [7, 11) is 3.22. The molecule has 0 amide bonds. The fourth-order valence-electron chi connectivity index (χ4n) is 2.99. The molecule has 1 aromatic heterocycles. The van der Waals surface area contributed by atoms with Gasteiger partial charge in [0.2, 0.25) is 5.95 Å². The first-order chi connectivity index (χ1) is 13.1. The lowest BCUT2D eigenvalue weighted by Gasteiger charge is -2.25. The number of ether oxygens (including phenoxy) is 2. The van der Waals surface area contributed by atoms with Gasteiger partial charge >= 0.3 is 0 Å². The van der Waals surface area contributed by atoms with E-state index in [1.54, 1.807) is 31.0 Å². The zero-order valence-electron chi connectivity index (χ0n) is 14.5. The van der Waals surface area contributed by atoms with E-state index in [9.17, 15) is 0 Å². The van der Waals surface area contributed by atoms with Gasteiger partial charge in [0.1, 0.15) is 17.5 Å². The van der Waals surface area contributed by atoms with Gasteiger partial charge in [-0.2, -0.15) is 4.68 Å². The molecule has 2 aromatic carbocycles. The van der Waals surface area contributed by atoms with Crippen molar-refractivity contribution in [2.45, 2.75) is 6.04 Å². The van der Waals surface area contributed by atoms with Crippen LogP contribution in [0.25, 0.3) is 5.70 Å². The van der Waals surface area contributed by atoms with Crippen LogP contribution in [0.5, 0.6) is 11.5 Å². The number of benzene rings is 2. The Morgan fingerprint density at radius 2 is 1.93 bits per heavy atom. The Labute approximate surface area is 165 Å². The summed E-state index contributed by atoms with van der Waals surface area (Å²) in [5.74, 6) is 1.87. The van der Waals surface area contributed by atoms with Gasteiger partial charge in [-0.05, 0) is 46.3 Å². The Balaban J connectivity index is 1.84. The van der Waals surface area contributed by atoms with Crippen LogP contribution in [0.15, 0.2) is 42.5 Å². The number of aromatic nitrogens is 4. The molecular formula is C18H15Cl2N5O2. The van der Waals surface area contributed by atoms with Gasteiger partial charge in [-0.15, -0.1) is 0 Å². The molecule has 0 bridgehead atoms. The number of anilines is 1. The lowest BCUT2D eigenvalue weighted by molar-refractivity contribution is 0.393. The molecule has 1 aliphatic rings. The van der Waals surface area contributed by atoms with Crippen molar-refractivity contribution in [3.63, 3.8) is 0 Å². The molecule has 3 aromatic rings. The number of halogens is 2. The van der Waals surface area contributed by atoms with Crippen LogP contribution in [0, 0.1) is 0 Å². The molecular weight excluding hydrogens is 389 g/mol. The quantitative estimate of drug-likeness (QED) is 0.707. The minimum Gasteiger partial charge on any atom is -0.497 e. The molecule has 1 aliphatic heterocycles. The Morgan fingerprint density at radius 3 is 2.67 bits per heavy atom. The highest BCUT2D eigenvalue weighted by atomic mass is 35.5. The summed E-state index contributed by atoms with van der Waals surface area (Å²) in [6.07, 6.45) is 1.99. The molecule has 1 N–H and O–H groups in total. The van der Waals surface area contributed by atoms with Crippen LogP contribution >= 0.6 is 23.2 Å². The van der Waals surface area contributed by atoms with Crippen molar-refractivity contribution in [1.29, 1.82) is 0 Å². The number of nitrogens with zero attached hydrogens (tertiary/aromatic N) is 4. The Bertz CT molecular complexity index is 1030. The zero-order valence-corrected chi connectivity index (χ0v) is 16.0. The SMILES string of the molecule is COc1ccc(C2=C[C@@H](c3ccc(Cl)cc3Cl)n3nnnc3N2)c(OC)c1. The number of methoxy groups -OCH3 is 2. The predicted molar refractivity (Wildman–Crippen MR) is 104 cm³/mol. The second-order valence-corrected chi connectivity index (χ2v) is 6.67. The highest BCUT2D eigenvalue weighted by Crippen LogP contribution is 2.38. The van der Waals surface area contributed by atoms with E-state index in [4.69, 9.17) is 32.7 Å². The monoisotopic (exact) mass is 403 g/mol. The molecule has 138 valence electrons. The minimum atomic E-state index is -0.303. The maximum Gasteiger partial charge on any atom is 0.248 e. The number of tetrazole rings is 1. The predicted octanol–water partition coefficient (Wildman–Crippen LogP) is 4.05. The number of allylic oxidation sites excluding steroid dienone is 1. The molecule has 0 spiro atoms. The molecule has 9 heteroatoms. The number of rotatable bonds is 4. The molecule has 0 saturated carbocycles. The van der Waals surface area contributed by atoms with Crippen molar-refractivity contribution in [3.05, 3.63) is 63.6 Å². The van der Waals surface area contributed by atoms with E-state index in [0.717, 1.165) is 16.8 Å². The van der Waals surface area contributed by atoms with E-state index in [-0.39, 0.29) is 6.04 Å². The molecule has 27 heavy (non-hydrogen) atoms. The summed E-state index contributed by atoms with van der Waals surface area (Å²) < 4.78 is 12.5. The zero-order chi connectivity index (χ0) is 19.0. The summed E-state index contributed by atoms with van der Waals surface area (Å²) in [6, 6.07) is 10.6. The molecule has 0 saturated heterocycles. The Hall–Kier alpha value is -2.77. The summed E-state index contributed by atoms with van der Waals surface area (Å²) in [6.45, 7) is 0. The smallest absolute Gasteiger partial charge is 0.248 e. The van der Waals surface area contributed by atoms with Gasteiger partial charge in [0.05, 0.1) is 19.9 Å². The maximum absolute atomic E-state index is 6.43. The lowest BCUT2D eigenvalue weighted by Crippen LogP contribution is -2.20. The standard InChI is InChI=1S/C18H15Cl2N5O2/c1-26-11-4-6-13(17(8-11)27-2)15-9-16(25-18(21-15)22-23-24-25)12-5-3-10(19)7-14(12)20/h3-9,16H,1-2H3,(H,21,22,24)/t16-/m0/s1. The number of hydrogen-bond donors (Lipinski definition) is 1. The first-order valence-electron chi connectivity index (χ1n) is 8.04. The van der Waals surface area contributed by atoms with Crippen LogP contribution in [-0.2, 0) is 0 Å². The first kappa shape index (κ1) is 17.6. The van der Waals surface area contributed by atoms with E-state index >= 15 is 0 Å². The van der Waals surface area contributed by atoms with E-state index in [1.165, 1.54) is 0 Å². The Kier molecular flexibility index (Phi) is 4.63. The minimum absolute atomic E-state index is 0.303. The highest BCUT2D eigenvalue weighted by Gasteiger charge is 2.27. The third-order valence-electron chi connectivity index (χ3n) is 4.31. The van der Waals surface area contributed by atoms with Crippen molar-refractivity contribution < 1.29 is 9.47 Å². The van der Waals surface area contributed by atoms with Crippen molar-refractivity contribution in [1.82, 2.24) is 20.2 Å². The number of nitrogens with one attached hydrogen (secondary N) is 1. The summed E-state index contributed by atoms with van der Waals surface area (Å²) in [5, 5.41) is 16.2. The van der Waals surface area contributed by atoms with Crippen LogP contribution in [0.2, 0.25) is 10.0 Å². The normalized spacial score (nSPS) is 15.6. The van der Waals surface area contributed by atoms with Gasteiger partial charge in [0.25, 0.3) is 0 Å². The van der Waals surface area contributed by atoms with Crippen LogP contribution in [0.3, 0.4) is 0 Å². The fourth-order valence-corrected chi connectivity index (χ4v) is 3.52. The molecule has 0 aliphatic carbocycles. The van der Waals surface area contributed by atoms with Gasteiger partial charge in [0.15, 0.2) is 0 Å². The summed E-state index contributed by atoms with van der Waals surface area (Å²) in [4.78, 5) is 0. The summed E-state index contributed by atoms with van der Waals surface area (Å²) in [5.41, 5.74) is 2.48. The van der Waals surface area contributed by atoms with Crippen molar-refractivity contribution in [3.8, 4) is 11.5 Å². The number of hydrogen-bond acceptors (Lipinski definition) is 6. The third-order valence-corrected chi connectivity index (χ3v) is 4.87. The molecule has 0 fully saturated rings. The van der Waals surface area contributed by atoms with Gasteiger partial charge in [0, 0.05) is 21.7 Å². The van der Waals surface area contributed by atoms with Gasteiger partial charge < -0.3 is 14.8 Å². The molecule has 7 nitrogen and oxygen atoms in total. The van der Waals surface area contributed by atoms with Crippen molar-refractivity contribution in [2.75, 3.05) is 19.5 Å². The van der Waals surface area contributed by atoms with E-state index in [2.05, 4.69) is 20.8 Å².